The highest BCUT2D eigenvalue weighted by Gasteiger charge is 2.16. The molecule has 6 heteroatoms. The van der Waals surface area contributed by atoms with E-state index in [4.69, 9.17) is 4.74 Å². The Balaban J connectivity index is 2.29. The van der Waals surface area contributed by atoms with Crippen LogP contribution >= 0.6 is 0 Å². The van der Waals surface area contributed by atoms with Crippen LogP contribution < -0.4 is 4.72 Å². The summed E-state index contributed by atoms with van der Waals surface area (Å²) in [4.78, 5) is 0.0176. The Morgan fingerprint density at radius 1 is 1.14 bits per heavy atom. The molecular weight excluding hydrogens is 290 g/mol. The van der Waals surface area contributed by atoms with E-state index in [9.17, 15) is 13.5 Å². The third-order valence-electron chi connectivity index (χ3n) is 2.97. The molecule has 2 N–H and O–H groups in total. The maximum Gasteiger partial charge on any atom is 0.262 e. The van der Waals surface area contributed by atoms with Crippen molar-refractivity contribution in [2.75, 3.05) is 18.4 Å². The van der Waals surface area contributed by atoms with E-state index in [0.29, 0.717) is 18.7 Å². The number of benzene rings is 2. The van der Waals surface area contributed by atoms with Crippen molar-refractivity contribution in [3.05, 3.63) is 54.1 Å². The first-order valence-electron chi connectivity index (χ1n) is 6.41. The van der Waals surface area contributed by atoms with Gasteiger partial charge in [-0.3, -0.25) is 4.72 Å². The van der Waals surface area contributed by atoms with Gasteiger partial charge in [0.2, 0.25) is 0 Å². The van der Waals surface area contributed by atoms with Crippen LogP contribution in [0.3, 0.4) is 0 Å². The van der Waals surface area contributed by atoms with Gasteiger partial charge in [0.15, 0.2) is 0 Å². The van der Waals surface area contributed by atoms with Crippen LogP contribution in [0.25, 0.3) is 0 Å². The van der Waals surface area contributed by atoms with E-state index in [1.165, 1.54) is 24.3 Å². The Morgan fingerprint density at radius 3 is 2.62 bits per heavy atom. The lowest BCUT2D eigenvalue weighted by Crippen LogP contribution is -2.14. The average Bonchev–Trinajstić information content (AvgIpc) is 2.46. The van der Waals surface area contributed by atoms with Gasteiger partial charge in [-0.2, -0.15) is 0 Å². The molecule has 0 fully saturated rings. The molecule has 0 aromatic heterocycles. The van der Waals surface area contributed by atoms with Crippen LogP contribution in [-0.4, -0.2) is 27.2 Å². The summed E-state index contributed by atoms with van der Waals surface area (Å²) in [7, 11) is -2.14. The van der Waals surface area contributed by atoms with E-state index in [1.807, 2.05) is 12.1 Å². The van der Waals surface area contributed by atoms with Crippen LogP contribution in [0.2, 0.25) is 0 Å². The Morgan fingerprint density at radius 2 is 1.90 bits per heavy atom. The van der Waals surface area contributed by atoms with Gasteiger partial charge in [0.25, 0.3) is 10.0 Å². The third-order valence-corrected chi connectivity index (χ3v) is 4.33. The lowest BCUT2D eigenvalue weighted by atomic mass is 10.1. The summed E-state index contributed by atoms with van der Waals surface area (Å²) in [5.74, 6) is -0.0921. The SMILES string of the molecule is COCCc1ccccc1NS(=O)(=O)c1cccc(O)c1. The molecule has 0 bridgehead atoms. The molecule has 0 aliphatic rings. The monoisotopic (exact) mass is 307 g/mol. The van der Waals surface area contributed by atoms with Crippen LogP contribution in [-0.2, 0) is 21.2 Å². The van der Waals surface area contributed by atoms with Crippen LogP contribution in [0.4, 0.5) is 5.69 Å². The highest BCUT2D eigenvalue weighted by Crippen LogP contribution is 2.22. The highest BCUT2D eigenvalue weighted by atomic mass is 32.2. The summed E-state index contributed by atoms with van der Waals surface area (Å²) in [6.07, 6.45) is 0.606. The summed E-state index contributed by atoms with van der Waals surface area (Å²) in [5, 5.41) is 9.40. The number of ether oxygens (including phenoxy) is 1. The fourth-order valence-electron chi connectivity index (χ4n) is 1.90. The molecule has 0 aliphatic heterocycles. The number of nitrogens with one attached hydrogen (secondary N) is 1. The standard InChI is InChI=1S/C15H17NO4S/c1-20-10-9-12-5-2-3-8-15(12)16-21(18,19)14-7-4-6-13(17)11-14/h2-8,11,16-17H,9-10H2,1H3. The normalized spacial score (nSPS) is 11.3. The number of phenols is 1. The first-order valence-corrected chi connectivity index (χ1v) is 7.90. The number of sulfonamides is 1. The second-order valence-corrected chi connectivity index (χ2v) is 6.19. The van der Waals surface area contributed by atoms with E-state index in [0.717, 1.165) is 5.56 Å². The number of rotatable bonds is 6. The molecule has 0 unspecified atom stereocenters. The molecule has 2 aromatic rings. The van der Waals surface area contributed by atoms with Gasteiger partial charge in [0, 0.05) is 13.2 Å². The number of aromatic hydroxyl groups is 1. The number of methoxy groups -OCH3 is 1. The van der Waals surface area contributed by atoms with Crippen molar-refractivity contribution in [3.63, 3.8) is 0 Å². The summed E-state index contributed by atoms with van der Waals surface area (Å²) in [6.45, 7) is 0.505. The molecule has 0 aliphatic carbocycles. The molecule has 0 heterocycles. The third kappa shape index (κ3) is 3.96. The molecule has 2 aromatic carbocycles. The van der Waals surface area contributed by atoms with Crippen molar-refractivity contribution in [2.45, 2.75) is 11.3 Å². The Hall–Kier alpha value is -2.05. The lowest BCUT2D eigenvalue weighted by Gasteiger charge is -2.12. The molecule has 0 atom stereocenters. The fourth-order valence-corrected chi connectivity index (χ4v) is 3.04. The van der Waals surface area contributed by atoms with Crippen molar-refractivity contribution < 1.29 is 18.3 Å². The van der Waals surface area contributed by atoms with E-state index in [2.05, 4.69) is 4.72 Å². The van der Waals surface area contributed by atoms with Gasteiger partial charge in [0.1, 0.15) is 5.75 Å². The quantitative estimate of drug-likeness (QED) is 0.859. The summed E-state index contributed by atoms with van der Waals surface area (Å²) in [5.41, 5.74) is 1.36. The lowest BCUT2D eigenvalue weighted by molar-refractivity contribution is 0.202. The first-order chi connectivity index (χ1) is 10.0. The maximum absolute atomic E-state index is 12.3. The molecule has 0 amide bonds. The minimum atomic E-state index is -3.73. The second kappa shape index (κ2) is 6.60. The van der Waals surface area contributed by atoms with Crippen molar-refractivity contribution in [1.29, 1.82) is 0 Å². The van der Waals surface area contributed by atoms with Crippen LogP contribution in [0.5, 0.6) is 5.75 Å². The van der Waals surface area contributed by atoms with Gasteiger partial charge in [-0.05, 0) is 30.2 Å². The molecule has 2 rings (SSSR count). The van der Waals surface area contributed by atoms with Gasteiger partial charge < -0.3 is 9.84 Å². The predicted octanol–water partition coefficient (Wildman–Crippen LogP) is 2.38. The van der Waals surface area contributed by atoms with Gasteiger partial charge in [-0.25, -0.2) is 8.42 Å². The minimum Gasteiger partial charge on any atom is -0.508 e. The molecule has 112 valence electrons. The number of hydrogen-bond acceptors (Lipinski definition) is 4. The molecule has 0 saturated heterocycles. The maximum atomic E-state index is 12.3. The number of anilines is 1. The Labute approximate surface area is 124 Å². The summed E-state index contributed by atoms with van der Waals surface area (Å²) < 4.78 is 32.2. The van der Waals surface area contributed by atoms with E-state index >= 15 is 0 Å². The summed E-state index contributed by atoms with van der Waals surface area (Å²) in [6, 6.07) is 12.7. The number of phenolic OH excluding ortho intramolecular Hbond substituents is 1. The van der Waals surface area contributed by atoms with Crippen LogP contribution in [0.1, 0.15) is 5.56 Å². The topological polar surface area (TPSA) is 75.6 Å². The van der Waals surface area contributed by atoms with Gasteiger partial charge in [-0.1, -0.05) is 24.3 Å². The molecular formula is C15H17NO4S. The molecule has 0 saturated carbocycles. The van der Waals surface area contributed by atoms with Crippen molar-refractivity contribution in [1.82, 2.24) is 0 Å². The molecule has 21 heavy (non-hydrogen) atoms. The predicted molar refractivity (Wildman–Crippen MR) is 80.9 cm³/mol. The Bertz CT molecular complexity index is 713. The first kappa shape index (κ1) is 15.3. The largest absolute Gasteiger partial charge is 0.508 e. The zero-order chi connectivity index (χ0) is 15.3. The zero-order valence-corrected chi connectivity index (χ0v) is 12.4. The van der Waals surface area contributed by atoms with Crippen LogP contribution in [0, 0.1) is 0 Å². The zero-order valence-electron chi connectivity index (χ0n) is 11.6. The molecule has 0 radical (unpaired) electrons. The van der Waals surface area contributed by atoms with E-state index in [-0.39, 0.29) is 10.6 Å². The van der Waals surface area contributed by atoms with E-state index < -0.39 is 10.0 Å². The van der Waals surface area contributed by atoms with Gasteiger partial charge in [0.05, 0.1) is 17.2 Å². The minimum absolute atomic E-state index is 0.0176. The van der Waals surface area contributed by atoms with Crippen LogP contribution in [0.15, 0.2) is 53.4 Å². The van der Waals surface area contributed by atoms with Crippen molar-refractivity contribution in [3.8, 4) is 5.75 Å². The Kier molecular flexibility index (Phi) is 4.82. The number of para-hydroxylation sites is 1. The fraction of sp³-hybridized carbons (Fsp3) is 0.200. The number of hydrogen-bond donors (Lipinski definition) is 2. The van der Waals surface area contributed by atoms with Crippen molar-refractivity contribution >= 4 is 15.7 Å². The average molecular weight is 307 g/mol. The van der Waals surface area contributed by atoms with Gasteiger partial charge in [-0.15, -0.1) is 0 Å². The smallest absolute Gasteiger partial charge is 0.262 e. The summed E-state index contributed by atoms with van der Waals surface area (Å²) >= 11 is 0. The molecule has 0 spiro atoms. The van der Waals surface area contributed by atoms with E-state index in [1.54, 1.807) is 19.2 Å². The molecule has 5 nitrogen and oxygen atoms in total. The highest BCUT2D eigenvalue weighted by molar-refractivity contribution is 7.92. The van der Waals surface area contributed by atoms with Gasteiger partial charge >= 0.3 is 0 Å². The van der Waals surface area contributed by atoms with Crippen molar-refractivity contribution in [2.24, 2.45) is 0 Å². The second-order valence-electron chi connectivity index (χ2n) is 4.50.